The van der Waals surface area contributed by atoms with Gasteiger partial charge in [0.1, 0.15) is 0 Å². The van der Waals surface area contributed by atoms with Gasteiger partial charge in [-0.05, 0) is 25.0 Å². The molecule has 1 saturated heterocycles. The minimum Gasteiger partial charge on any atom is -0.380 e. The molecule has 0 aliphatic carbocycles. The Morgan fingerprint density at radius 2 is 2.10 bits per heavy atom. The zero-order valence-electron chi connectivity index (χ0n) is 11.3. The molecule has 7 heteroatoms. The second-order valence-corrected chi connectivity index (χ2v) is 6.55. The van der Waals surface area contributed by atoms with Crippen molar-refractivity contribution < 1.29 is 4.79 Å². The highest BCUT2D eigenvalue weighted by Crippen LogP contribution is 2.31. The van der Waals surface area contributed by atoms with E-state index in [9.17, 15) is 4.79 Å². The lowest BCUT2D eigenvalue weighted by Gasteiger charge is -2.30. The lowest BCUT2D eigenvalue weighted by molar-refractivity contribution is -0.117. The fourth-order valence-corrected chi connectivity index (χ4v) is 3.83. The lowest BCUT2D eigenvalue weighted by Crippen LogP contribution is -2.40. The number of hydrogen-bond donors (Lipinski definition) is 1. The molecule has 5 nitrogen and oxygen atoms in total. The van der Waals surface area contributed by atoms with Crippen molar-refractivity contribution in [3.05, 3.63) is 24.3 Å². The predicted molar refractivity (Wildman–Crippen MR) is 95.2 cm³/mol. The Morgan fingerprint density at radius 1 is 1.38 bits per heavy atom. The van der Waals surface area contributed by atoms with Gasteiger partial charge in [0, 0.05) is 19.0 Å². The van der Waals surface area contributed by atoms with Crippen LogP contribution in [-0.4, -0.2) is 29.7 Å². The standard InChI is InChI=1S/C14H15IN4OS/c15-18-13(16)12(20)9-5-7-19(8-6-9)14-17-10-3-1-2-4-11(10)21-14/h1-4,9H,5-8H2,(H2,16,18). The molecular weight excluding hydrogens is 399 g/mol. The Balaban J connectivity index is 1.69. The van der Waals surface area contributed by atoms with Crippen molar-refractivity contribution in [1.82, 2.24) is 4.98 Å². The second-order valence-electron chi connectivity index (χ2n) is 5.06. The number of nitrogens with zero attached hydrogens (tertiary/aromatic N) is 3. The largest absolute Gasteiger partial charge is 0.380 e. The number of piperidine rings is 1. The third-order valence-electron chi connectivity index (χ3n) is 3.76. The summed E-state index contributed by atoms with van der Waals surface area (Å²) in [4.78, 5) is 18.9. The van der Waals surface area contributed by atoms with Crippen molar-refractivity contribution in [3.8, 4) is 0 Å². The molecule has 1 aliphatic heterocycles. The third kappa shape index (κ3) is 3.03. The summed E-state index contributed by atoms with van der Waals surface area (Å²) in [5, 5.41) is 1.04. The molecule has 2 heterocycles. The molecule has 1 aliphatic rings. The van der Waals surface area contributed by atoms with Crippen LogP contribution < -0.4 is 10.6 Å². The van der Waals surface area contributed by atoms with Gasteiger partial charge in [-0.2, -0.15) is 3.21 Å². The van der Waals surface area contributed by atoms with Crippen LogP contribution in [0.3, 0.4) is 0 Å². The maximum Gasteiger partial charge on any atom is 0.201 e. The van der Waals surface area contributed by atoms with Crippen LogP contribution in [0.2, 0.25) is 0 Å². The molecule has 1 aromatic carbocycles. The van der Waals surface area contributed by atoms with Gasteiger partial charge in [0.05, 0.1) is 33.1 Å². The molecule has 0 saturated carbocycles. The van der Waals surface area contributed by atoms with Gasteiger partial charge >= 0.3 is 0 Å². The van der Waals surface area contributed by atoms with Crippen LogP contribution in [0.4, 0.5) is 5.13 Å². The minimum atomic E-state index is -0.0200. The van der Waals surface area contributed by atoms with Gasteiger partial charge < -0.3 is 10.6 Å². The second kappa shape index (κ2) is 6.27. The van der Waals surface area contributed by atoms with E-state index in [0.717, 1.165) is 36.6 Å². The van der Waals surface area contributed by atoms with Gasteiger partial charge in [0.2, 0.25) is 5.78 Å². The number of Topliss-reactive ketones (excluding diaryl/α,β-unsaturated/α-hetero) is 1. The number of amidine groups is 1. The SMILES string of the molecule is N/C(=N\I)C(=O)C1CCN(c2nc3ccccc3s2)CC1. The molecule has 0 unspecified atom stereocenters. The van der Waals surface area contributed by atoms with E-state index in [4.69, 9.17) is 5.73 Å². The van der Waals surface area contributed by atoms with Gasteiger partial charge in [-0.25, -0.2) is 4.98 Å². The molecule has 2 N–H and O–H groups in total. The van der Waals surface area contributed by atoms with Gasteiger partial charge in [0.15, 0.2) is 11.0 Å². The van der Waals surface area contributed by atoms with Crippen molar-refractivity contribution >= 4 is 61.2 Å². The average Bonchev–Trinajstić information content (AvgIpc) is 2.97. The van der Waals surface area contributed by atoms with Gasteiger partial charge in [-0.1, -0.05) is 23.5 Å². The van der Waals surface area contributed by atoms with E-state index in [0.29, 0.717) is 0 Å². The number of nitrogens with two attached hydrogens (primary N) is 1. The summed E-state index contributed by atoms with van der Waals surface area (Å²) >= 11 is 3.47. The first-order valence-electron chi connectivity index (χ1n) is 6.78. The highest BCUT2D eigenvalue weighted by Gasteiger charge is 2.28. The van der Waals surface area contributed by atoms with Gasteiger partial charge in [-0.15, -0.1) is 0 Å². The van der Waals surface area contributed by atoms with Gasteiger partial charge in [0.25, 0.3) is 0 Å². The normalized spacial score (nSPS) is 17.4. The summed E-state index contributed by atoms with van der Waals surface area (Å²) < 4.78 is 4.96. The molecule has 2 aromatic rings. The molecule has 0 atom stereocenters. The van der Waals surface area contributed by atoms with Crippen LogP contribution in [0, 0.1) is 5.92 Å². The molecule has 1 fully saturated rings. The fourth-order valence-electron chi connectivity index (χ4n) is 2.58. The van der Waals surface area contributed by atoms with E-state index in [-0.39, 0.29) is 17.5 Å². The average molecular weight is 414 g/mol. The summed E-state index contributed by atoms with van der Waals surface area (Å²) in [5.41, 5.74) is 6.65. The van der Waals surface area contributed by atoms with Crippen molar-refractivity contribution in [2.24, 2.45) is 14.9 Å². The molecule has 21 heavy (non-hydrogen) atoms. The maximum absolute atomic E-state index is 12.0. The highest BCUT2D eigenvalue weighted by atomic mass is 127. The van der Waals surface area contributed by atoms with E-state index < -0.39 is 0 Å². The first kappa shape index (κ1) is 14.7. The smallest absolute Gasteiger partial charge is 0.201 e. The minimum absolute atomic E-state index is 0.00542. The van der Waals surface area contributed by atoms with E-state index in [1.165, 1.54) is 4.70 Å². The van der Waals surface area contributed by atoms with Crippen molar-refractivity contribution in [2.45, 2.75) is 12.8 Å². The summed E-state index contributed by atoms with van der Waals surface area (Å²) in [6, 6.07) is 8.15. The third-order valence-corrected chi connectivity index (χ3v) is 5.38. The molecule has 3 rings (SSSR count). The number of para-hydroxylation sites is 1. The number of rotatable bonds is 3. The van der Waals surface area contributed by atoms with E-state index >= 15 is 0 Å². The van der Waals surface area contributed by atoms with Crippen LogP contribution in [0.15, 0.2) is 27.5 Å². The first-order valence-corrected chi connectivity index (χ1v) is 8.56. The molecule has 110 valence electrons. The summed E-state index contributed by atoms with van der Waals surface area (Å²) in [6.45, 7) is 1.68. The quantitative estimate of drug-likeness (QED) is 0.477. The summed E-state index contributed by atoms with van der Waals surface area (Å²) in [7, 11) is 0. The zero-order chi connectivity index (χ0) is 14.8. The molecular formula is C14H15IN4OS. The van der Waals surface area contributed by atoms with Crippen LogP contribution in [0.1, 0.15) is 12.8 Å². The number of aromatic nitrogens is 1. The zero-order valence-corrected chi connectivity index (χ0v) is 14.3. The topological polar surface area (TPSA) is 71.6 Å². The number of anilines is 1. The Morgan fingerprint density at radius 3 is 2.76 bits per heavy atom. The Bertz CT molecular complexity index is 658. The number of ketones is 1. The number of benzene rings is 1. The van der Waals surface area contributed by atoms with Gasteiger partial charge in [-0.3, -0.25) is 4.79 Å². The number of carbonyl (C=O) groups is 1. The van der Waals surface area contributed by atoms with Crippen molar-refractivity contribution in [2.75, 3.05) is 18.0 Å². The lowest BCUT2D eigenvalue weighted by atomic mass is 9.92. The molecule has 0 amide bonds. The molecule has 0 bridgehead atoms. The van der Waals surface area contributed by atoms with Crippen LogP contribution in [0.5, 0.6) is 0 Å². The van der Waals surface area contributed by atoms with Crippen LogP contribution in [0.25, 0.3) is 10.2 Å². The molecule has 0 radical (unpaired) electrons. The number of carbonyl (C=O) groups excluding carboxylic acids is 1. The molecule has 1 aromatic heterocycles. The van der Waals surface area contributed by atoms with Crippen molar-refractivity contribution in [1.29, 1.82) is 0 Å². The fraction of sp³-hybridized carbons (Fsp3) is 0.357. The highest BCUT2D eigenvalue weighted by molar-refractivity contribution is 14.1. The summed E-state index contributed by atoms with van der Waals surface area (Å²) in [5.74, 6) is 0.108. The molecule has 0 spiro atoms. The Hall–Kier alpha value is -1.22. The summed E-state index contributed by atoms with van der Waals surface area (Å²) in [6.07, 6.45) is 1.61. The Labute approximate surface area is 140 Å². The maximum atomic E-state index is 12.0. The number of fused-ring (bicyclic) bond motifs is 1. The van der Waals surface area contributed by atoms with Crippen LogP contribution >= 0.6 is 34.2 Å². The van der Waals surface area contributed by atoms with Crippen LogP contribution in [-0.2, 0) is 4.79 Å². The van der Waals surface area contributed by atoms with Crippen molar-refractivity contribution in [3.63, 3.8) is 0 Å². The number of hydrogen-bond acceptors (Lipinski definition) is 5. The number of thiazole rings is 1. The first-order chi connectivity index (χ1) is 10.2. The monoisotopic (exact) mass is 414 g/mol. The Kier molecular flexibility index (Phi) is 4.39. The number of halogens is 1. The van der Waals surface area contributed by atoms with E-state index in [1.807, 2.05) is 18.2 Å². The van der Waals surface area contributed by atoms with E-state index in [2.05, 4.69) is 19.2 Å². The van der Waals surface area contributed by atoms with E-state index in [1.54, 1.807) is 34.2 Å². The predicted octanol–water partition coefficient (Wildman–Crippen LogP) is 2.79.